The standard InChI is InChI=1S/C14H14N2O4S/c1-2-20-14(17)11-4-3-5-12(7-11)15-8-10-6-13(16(18)19)21-9-10/h3-7,9,15H,2,8H2,1H3. The van der Waals surface area contributed by atoms with E-state index in [9.17, 15) is 14.9 Å². The van der Waals surface area contributed by atoms with Crippen molar-refractivity contribution in [3.05, 3.63) is 57.0 Å². The average Bonchev–Trinajstić information content (AvgIpc) is 2.95. The summed E-state index contributed by atoms with van der Waals surface area (Å²) in [5.41, 5.74) is 2.06. The van der Waals surface area contributed by atoms with E-state index in [1.807, 2.05) is 6.07 Å². The van der Waals surface area contributed by atoms with Crippen molar-refractivity contribution in [2.45, 2.75) is 13.5 Å². The van der Waals surface area contributed by atoms with E-state index in [4.69, 9.17) is 4.74 Å². The Bertz CT molecular complexity index is 654. The number of carbonyl (C=O) groups excluding carboxylic acids is 1. The fourth-order valence-corrected chi connectivity index (χ4v) is 2.45. The summed E-state index contributed by atoms with van der Waals surface area (Å²) < 4.78 is 4.94. The van der Waals surface area contributed by atoms with Crippen molar-refractivity contribution >= 4 is 28.0 Å². The highest BCUT2D eigenvalue weighted by Crippen LogP contribution is 2.23. The molecule has 1 N–H and O–H groups in total. The number of thiophene rings is 1. The molecule has 2 rings (SSSR count). The first kappa shape index (κ1) is 15.0. The number of hydrogen-bond acceptors (Lipinski definition) is 6. The summed E-state index contributed by atoms with van der Waals surface area (Å²) in [6.07, 6.45) is 0. The van der Waals surface area contributed by atoms with Gasteiger partial charge in [0.15, 0.2) is 0 Å². The second-order valence-electron chi connectivity index (χ2n) is 4.21. The number of hydrogen-bond donors (Lipinski definition) is 1. The van der Waals surface area contributed by atoms with Crippen LogP contribution in [0.15, 0.2) is 35.7 Å². The lowest BCUT2D eigenvalue weighted by molar-refractivity contribution is -0.380. The molecule has 21 heavy (non-hydrogen) atoms. The lowest BCUT2D eigenvalue weighted by Gasteiger charge is -2.07. The van der Waals surface area contributed by atoms with Crippen molar-refractivity contribution in [1.82, 2.24) is 0 Å². The fourth-order valence-electron chi connectivity index (χ4n) is 1.73. The number of ether oxygens (including phenoxy) is 1. The maximum absolute atomic E-state index is 11.6. The predicted molar refractivity (Wildman–Crippen MR) is 80.7 cm³/mol. The van der Waals surface area contributed by atoms with E-state index < -0.39 is 4.92 Å². The molecule has 0 radical (unpaired) electrons. The summed E-state index contributed by atoms with van der Waals surface area (Å²) in [6.45, 7) is 2.54. The largest absolute Gasteiger partial charge is 0.462 e. The van der Waals surface area contributed by atoms with Crippen LogP contribution in [0.2, 0.25) is 0 Å². The molecule has 2 aromatic rings. The fraction of sp³-hybridized carbons (Fsp3) is 0.214. The second kappa shape index (κ2) is 6.85. The van der Waals surface area contributed by atoms with E-state index >= 15 is 0 Å². The van der Waals surface area contributed by atoms with Gasteiger partial charge in [0.25, 0.3) is 0 Å². The van der Waals surface area contributed by atoms with Gasteiger partial charge in [0, 0.05) is 23.7 Å². The lowest BCUT2D eigenvalue weighted by atomic mass is 10.2. The van der Waals surface area contributed by atoms with Crippen molar-refractivity contribution in [2.75, 3.05) is 11.9 Å². The Kier molecular flexibility index (Phi) is 4.89. The van der Waals surface area contributed by atoms with E-state index in [0.717, 1.165) is 22.6 Å². The smallest absolute Gasteiger partial charge is 0.338 e. The molecule has 1 aromatic heterocycles. The summed E-state index contributed by atoms with van der Waals surface area (Å²) in [5.74, 6) is -0.368. The molecule has 0 bridgehead atoms. The quantitative estimate of drug-likeness (QED) is 0.502. The number of anilines is 1. The SMILES string of the molecule is CCOC(=O)c1cccc(NCc2csc([N+](=O)[O-])c2)c1. The van der Waals surface area contributed by atoms with Gasteiger partial charge in [-0.25, -0.2) is 4.79 Å². The van der Waals surface area contributed by atoms with Crippen LogP contribution in [-0.2, 0) is 11.3 Å². The molecule has 0 unspecified atom stereocenters. The van der Waals surface area contributed by atoms with Gasteiger partial charge in [0.05, 0.1) is 17.1 Å². The third-order valence-corrected chi connectivity index (χ3v) is 3.62. The molecule has 110 valence electrons. The van der Waals surface area contributed by atoms with Gasteiger partial charge in [-0.05, 0) is 30.7 Å². The average molecular weight is 306 g/mol. The molecule has 0 fully saturated rings. The molecule has 0 aliphatic carbocycles. The number of nitro groups is 1. The van der Waals surface area contributed by atoms with Gasteiger partial charge in [-0.15, -0.1) is 0 Å². The van der Waals surface area contributed by atoms with Gasteiger partial charge in [0.1, 0.15) is 0 Å². The number of benzene rings is 1. The van der Waals surface area contributed by atoms with Gasteiger partial charge in [-0.1, -0.05) is 17.4 Å². The summed E-state index contributed by atoms with van der Waals surface area (Å²) in [7, 11) is 0. The summed E-state index contributed by atoms with van der Waals surface area (Å²) in [4.78, 5) is 21.8. The topological polar surface area (TPSA) is 81.5 Å². The zero-order valence-electron chi connectivity index (χ0n) is 11.4. The molecule has 0 atom stereocenters. The van der Waals surface area contributed by atoms with Gasteiger partial charge in [-0.2, -0.15) is 0 Å². The number of esters is 1. The van der Waals surface area contributed by atoms with E-state index in [1.165, 1.54) is 6.07 Å². The normalized spacial score (nSPS) is 10.1. The van der Waals surface area contributed by atoms with Crippen LogP contribution in [-0.4, -0.2) is 17.5 Å². The molecule has 0 saturated carbocycles. The van der Waals surface area contributed by atoms with Crippen molar-refractivity contribution in [3.8, 4) is 0 Å². The monoisotopic (exact) mass is 306 g/mol. The van der Waals surface area contributed by atoms with Crippen LogP contribution >= 0.6 is 11.3 Å². The number of carbonyl (C=O) groups is 1. The third kappa shape index (κ3) is 4.03. The van der Waals surface area contributed by atoms with Gasteiger partial charge in [0.2, 0.25) is 0 Å². The first-order valence-corrected chi connectivity index (χ1v) is 7.21. The first-order valence-electron chi connectivity index (χ1n) is 6.33. The van der Waals surface area contributed by atoms with Crippen molar-refractivity contribution in [1.29, 1.82) is 0 Å². The van der Waals surface area contributed by atoms with Crippen LogP contribution in [0.4, 0.5) is 10.7 Å². The van der Waals surface area contributed by atoms with Crippen LogP contribution in [0.5, 0.6) is 0 Å². The maximum atomic E-state index is 11.6. The molecule has 0 amide bonds. The minimum absolute atomic E-state index is 0.118. The Balaban J connectivity index is 2.01. The number of nitrogens with one attached hydrogen (secondary N) is 1. The van der Waals surface area contributed by atoms with Crippen molar-refractivity contribution < 1.29 is 14.5 Å². The Morgan fingerprint density at radius 2 is 2.24 bits per heavy atom. The zero-order valence-corrected chi connectivity index (χ0v) is 12.2. The molecule has 1 heterocycles. The molecular weight excluding hydrogens is 292 g/mol. The minimum atomic E-state index is -0.407. The molecule has 0 saturated heterocycles. The predicted octanol–water partition coefficient (Wildman–Crippen LogP) is 3.45. The third-order valence-electron chi connectivity index (χ3n) is 2.69. The number of nitrogens with zero attached hydrogens (tertiary/aromatic N) is 1. The minimum Gasteiger partial charge on any atom is -0.462 e. The second-order valence-corrected chi connectivity index (χ2v) is 5.09. The van der Waals surface area contributed by atoms with Crippen molar-refractivity contribution in [3.63, 3.8) is 0 Å². The Morgan fingerprint density at radius 1 is 1.43 bits per heavy atom. The molecule has 1 aromatic carbocycles. The Labute approximate surface area is 125 Å². The van der Waals surface area contributed by atoms with Crippen LogP contribution in [0, 0.1) is 10.1 Å². The zero-order chi connectivity index (χ0) is 15.2. The molecule has 0 aliphatic rings. The van der Waals surface area contributed by atoms with Crippen LogP contribution in [0.3, 0.4) is 0 Å². The Morgan fingerprint density at radius 3 is 2.90 bits per heavy atom. The molecule has 0 spiro atoms. The highest BCUT2D eigenvalue weighted by atomic mass is 32.1. The maximum Gasteiger partial charge on any atom is 0.338 e. The first-order chi connectivity index (χ1) is 10.1. The van der Waals surface area contributed by atoms with E-state index in [0.29, 0.717) is 18.7 Å². The summed E-state index contributed by atoms with van der Waals surface area (Å²) >= 11 is 1.09. The van der Waals surface area contributed by atoms with Crippen molar-refractivity contribution in [2.24, 2.45) is 0 Å². The molecule has 0 aliphatic heterocycles. The molecule has 7 heteroatoms. The highest BCUT2D eigenvalue weighted by Gasteiger charge is 2.10. The molecule has 6 nitrogen and oxygen atoms in total. The van der Waals surface area contributed by atoms with Gasteiger partial charge in [-0.3, -0.25) is 10.1 Å². The van der Waals surface area contributed by atoms with E-state index in [2.05, 4.69) is 5.32 Å². The van der Waals surface area contributed by atoms with E-state index in [1.54, 1.807) is 30.5 Å². The van der Waals surface area contributed by atoms with Gasteiger partial charge < -0.3 is 10.1 Å². The van der Waals surface area contributed by atoms with Crippen LogP contribution < -0.4 is 5.32 Å². The summed E-state index contributed by atoms with van der Waals surface area (Å²) in [5, 5.41) is 15.6. The highest BCUT2D eigenvalue weighted by molar-refractivity contribution is 7.13. The van der Waals surface area contributed by atoms with Crippen LogP contribution in [0.25, 0.3) is 0 Å². The molecular formula is C14H14N2O4S. The van der Waals surface area contributed by atoms with E-state index in [-0.39, 0.29) is 11.0 Å². The van der Waals surface area contributed by atoms with Crippen LogP contribution in [0.1, 0.15) is 22.8 Å². The summed E-state index contributed by atoms with van der Waals surface area (Å²) in [6, 6.07) is 8.48. The Hall–Kier alpha value is -2.41. The number of rotatable bonds is 6. The lowest BCUT2D eigenvalue weighted by Crippen LogP contribution is -2.05. The van der Waals surface area contributed by atoms with Gasteiger partial charge >= 0.3 is 11.0 Å².